The van der Waals surface area contributed by atoms with Crippen molar-refractivity contribution in [3.05, 3.63) is 51.2 Å². The van der Waals surface area contributed by atoms with Crippen LogP contribution >= 0.6 is 11.6 Å². The van der Waals surface area contributed by atoms with Crippen LogP contribution in [0, 0.1) is 6.92 Å². The van der Waals surface area contributed by atoms with E-state index >= 15 is 0 Å². The maximum atomic E-state index is 12.1. The molecule has 0 amide bonds. The van der Waals surface area contributed by atoms with Gasteiger partial charge in [0.25, 0.3) is 5.56 Å². The molecule has 0 saturated heterocycles. The first-order valence-electron chi connectivity index (χ1n) is 6.70. The number of hydrogen-bond acceptors (Lipinski definition) is 5. The highest BCUT2D eigenvalue weighted by molar-refractivity contribution is 6.29. The fourth-order valence-corrected chi connectivity index (χ4v) is 2.27. The summed E-state index contributed by atoms with van der Waals surface area (Å²) in [5.74, 6) is 0.995. The Bertz CT molecular complexity index is 881. The summed E-state index contributed by atoms with van der Waals surface area (Å²) in [7, 11) is 3.67. The minimum absolute atomic E-state index is 0.196. The Morgan fingerprint density at radius 2 is 2.09 bits per heavy atom. The fraction of sp³-hybridized carbons (Fsp3) is 0.286. The maximum Gasteiger partial charge on any atom is 0.275 e. The lowest BCUT2D eigenvalue weighted by Gasteiger charge is -2.11. The number of nitrogens with zero attached hydrogens (tertiary/aromatic N) is 6. The van der Waals surface area contributed by atoms with Gasteiger partial charge in [-0.3, -0.25) is 4.79 Å². The molecule has 0 spiro atoms. The van der Waals surface area contributed by atoms with Crippen LogP contribution < -0.4 is 10.5 Å². The molecular weight excluding hydrogens is 304 g/mol. The van der Waals surface area contributed by atoms with Gasteiger partial charge in [0.2, 0.25) is 11.7 Å². The second-order valence-electron chi connectivity index (χ2n) is 5.22. The number of halogens is 1. The summed E-state index contributed by atoms with van der Waals surface area (Å²) in [6.07, 6.45) is 1.71. The normalized spacial score (nSPS) is 11.1. The average Bonchev–Trinajstić information content (AvgIpc) is 2.91. The molecule has 0 unspecified atom stereocenters. The lowest BCUT2D eigenvalue weighted by atomic mass is 10.3. The molecule has 0 aliphatic carbocycles. The molecule has 0 aliphatic rings. The summed E-state index contributed by atoms with van der Waals surface area (Å²) in [5.41, 5.74) is 1.58. The minimum atomic E-state index is -0.196. The number of fused-ring (bicyclic) bond motifs is 1. The lowest BCUT2D eigenvalue weighted by molar-refractivity contribution is 0.729. The fourth-order valence-electron chi connectivity index (χ4n) is 2.16. The number of hydrogen-bond donors (Lipinski definition) is 0. The van der Waals surface area contributed by atoms with E-state index < -0.39 is 0 Å². The van der Waals surface area contributed by atoms with E-state index in [1.54, 1.807) is 23.2 Å². The molecule has 8 heteroatoms. The van der Waals surface area contributed by atoms with Crippen molar-refractivity contribution in [2.75, 3.05) is 19.0 Å². The Kier molecular flexibility index (Phi) is 3.58. The number of aryl methyl sites for hydroxylation is 1. The molecule has 0 atom stereocenters. The Morgan fingerprint density at radius 1 is 1.32 bits per heavy atom. The molecule has 0 aromatic carbocycles. The van der Waals surface area contributed by atoms with Crippen LogP contribution in [0.1, 0.15) is 11.3 Å². The van der Waals surface area contributed by atoms with Gasteiger partial charge in [0.05, 0.1) is 6.54 Å². The summed E-state index contributed by atoms with van der Waals surface area (Å²) in [4.78, 5) is 22.4. The van der Waals surface area contributed by atoms with Gasteiger partial charge in [0.15, 0.2) is 0 Å². The standard InChI is InChI=1S/C14H15ClN6O/c1-9-6-12(22)21-14(17-13(18-21)19(2)3)20(9)8-10-4-5-11(15)16-7-10/h4-7H,8H2,1-3H3. The Hall–Kier alpha value is -2.41. The van der Waals surface area contributed by atoms with Gasteiger partial charge in [-0.25, -0.2) is 4.98 Å². The Balaban J connectivity index is 2.15. The van der Waals surface area contributed by atoms with Crippen molar-refractivity contribution >= 4 is 23.3 Å². The third kappa shape index (κ3) is 2.55. The van der Waals surface area contributed by atoms with E-state index in [1.807, 2.05) is 31.7 Å². The summed E-state index contributed by atoms with van der Waals surface area (Å²) in [6, 6.07) is 5.18. The third-order valence-corrected chi connectivity index (χ3v) is 3.54. The Morgan fingerprint density at radius 3 is 2.73 bits per heavy atom. The van der Waals surface area contributed by atoms with Gasteiger partial charge >= 0.3 is 0 Å². The van der Waals surface area contributed by atoms with Gasteiger partial charge in [-0.15, -0.1) is 5.10 Å². The van der Waals surface area contributed by atoms with Gasteiger partial charge in [0, 0.05) is 32.1 Å². The van der Waals surface area contributed by atoms with Crippen LogP contribution in [-0.4, -0.2) is 38.2 Å². The van der Waals surface area contributed by atoms with Crippen molar-refractivity contribution in [3.63, 3.8) is 0 Å². The molecule has 3 aromatic heterocycles. The highest BCUT2D eigenvalue weighted by Gasteiger charge is 2.13. The van der Waals surface area contributed by atoms with Crippen LogP contribution in [0.25, 0.3) is 5.78 Å². The smallest absolute Gasteiger partial charge is 0.275 e. The van der Waals surface area contributed by atoms with Crippen LogP contribution in [0.15, 0.2) is 29.2 Å². The van der Waals surface area contributed by atoms with E-state index in [4.69, 9.17) is 11.6 Å². The van der Waals surface area contributed by atoms with E-state index in [9.17, 15) is 4.79 Å². The first-order chi connectivity index (χ1) is 10.5. The van der Waals surface area contributed by atoms with Crippen molar-refractivity contribution in [1.82, 2.24) is 24.1 Å². The van der Waals surface area contributed by atoms with Crippen LogP contribution in [0.2, 0.25) is 5.15 Å². The predicted octanol–water partition coefficient (Wildman–Crippen LogP) is 1.36. The van der Waals surface area contributed by atoms with Crippen molar-refractivity contribution in [1.29, 1.82) is 0 Å². The summed E-state index contributed by atoms with van der Waals surface area (Å²) in [6.45, 7) is 2.40. The summed E-state index contributed by atoms with van der Waals surface area (Å²) >= 11 is 5.81. The molecule has 0 radical (unpaired) electrons. The minimum Gasteiger partial charge on any atom is -0.346 e. The SMILES string of the molecule is Cc1cc(=O)n2nc(N(C)C)nc2n1Cc1ccc(Cl)nc1. The molecular formula is C14H15ClN6O. The lowest BCUT2D eigenvalue weighted by Crippen LogP contribution is -2.20. The van der Waals surface area contributed by atoms with Gasteiger partial charge in [-0.2, -0.15) is 9.50 Å². The molecule has 0 aliphatic heterocycles. The topological polar surface area (TPSA) is 68.3 Å². The molecule has 3 aromatic rings. The number of pyridine rings is 1. The maximum absolute atomic E-state index is 12.1. The first-order valence-corrected chi connectivity index (χ1v) is 7.08. The first kappa shape index (κ1) is 14.5. The second-order valence-corrected chi connectivity index (χ2v) is 5.60. The largest absolute Gasteiger partial charge is 0.346 e. The Labute approximate surface area is 131 Å². The molecule has 0 saturated carbocycles. The monoisotopic (exact) mass is 318 g/mol. The molecule has 7 nitrogen and oxygen atoms in total. The van der Waals surface area contributed by atoms with Crippen LogP contribution in [0.5, 0.6) is 0 Å². The molecule has 3 rings (SSSR count). The van der Waals surface area contributed by atoms with Gasteiger partial charge in [0.1, 0.15) is 5.15 Å². The molecule has 0 bridgehead atoms. The van der Waals surface area contributed by atoms with E-state index in [-0.39, 0.29) is 5.56 Å². The quantitative estimate of drug-likeness (QED) is 0.682. The highest BCUT2D eigenvalue weighted by Crippen LogP contribution is 2.12. The van der Waals surface area contributed by atoms with Crippen molar-refractivity contribution in [3.8, 4) is 0 Å². The van der Waals surface area contributed by atoms with Gasteiger partial charge in [-0.1, -0.05) is 17.7 Å². The summed E-state index contributed by atoms with van der Waals surface area (Å²) in [5, 5.41) is 4.68. The van der Waals surface area contributed by atoms with Gasteiger partial charge < -0.3 is 9.47 Å². The number of rotatable bonds is 3. The predicted molar refractivity (Wildman–Crippen MR) is 84.7 cm³/mol. The van der Waals surface area contributed by atoms with Gasteiger partial charge in [-0.05, 0) is 18.6 Å². The van der Waals surface area contributed by atoms with Crippen LogP contribution in [-0.2, 0) is 6.54 Å². The van der Waals surface area contributed by atoms with Crippen molar-refractivity contribution in [2.45, 2.75) is 13.5 Å². The van der Waals surface area contributed by atoms with Crippen molar-refractivity contribution in [2.24, 2.45) is 0 Å². The molecule has 22 heavy (non-hydrogen) atoms. The van der Waals surface area contributed by atoms with Crippen LogP contribution in [0.4, 0.5) is 5.95 Å². The van der Waals surface area contributed by atoms with E-state index in [0.717, 1.165) is 11.3 Å². The van der Waals surface area contributed by atoms with E-state index in [1.165, 1.54) is 4.52 Å². The molecule has 114 valence electrons. The third-order valence-electron chi connectivity index (χ3n) is 3.32. The van der Waals surface area contributed by atoms with Crippen molar-refractivity contribution < 1.29 is 0 Å². The molecule has 0 N–H and O–H groups in total. The number of anilines is 1. The zero-order valence-corrected chi connectivity index (χ0v) is 13.2. The zero-order chi connectivity index (χ0) is 15.9. The molecule has 0 fully saturated rings. The second kappa shape index (κ2) is 5.42. The molecule has 3 heterocycles. The van der Waals surface area contributed by atoms with Crippen LogP contribution in [0.3, 0.4) is 0 Å². The number of aromatic nitrogens is 5. The zero-order valence-electron chi connectivity index (χ0n) is 12.5. The summed E-state index contributed by atoms with van der Waals surface area (Å²) < 4.78 is 3.23. The average molecular weight is 319 g/mol. The van der Waals surface area contributed by atoms with E-state index in [0.29, 0.717) is 23.4 Å². The van der Waals surface area contributed by atoms with E-state index in [2.05, 4.69) is 15.1 Å². The highest BCUT2D eigenvalue weighted by atomic mass is 35.5.